The molecule has 2 aromatic heterocycles. The number of aryl methyl sites for hydroxylation is 1. The molecule has 0 radical (unpaired) electrons. The third kappa shape index (κ3) is 6.24. The molecule has 3 amide bonds. The molecule has 3 aromatic rings. The summed E-state index contributed by atoms with van der Waals surface area (Å²) < 4.78 is 13.8. The van der Waals surface area contributed by atoms with Crippen LogP contribution >= 0.6 is 11.6 Å². The van der Waals surface area contributed by atoms with E-state index in [0.29, 0.717) is 86.3 Å². The van der Waals surface area contributed by atoms with E-state index in [0.717, 1.165) is 0 Å². The van der Waals surface area contributed by atoms with Crippen molar-refractivity contribution in [2.24, 2.45) is 5.92 Å². The first-order chi connectivity index (χ1) is 20.4. The summed E-state index contributed by atoms with van der Waals surface area (Å²) in [6, 6.07) is 9.74. The Bertz CT molecular complexity index is 1440. The van der Waals surface area contributed by atoms with Crippen LogP contribution in [0.5, 0.6) is 5.75 Å². The fourth-order valence-electron chi connectivity index (χ4n) is 5.62. The number of amides is 3. The maximum atomic E-state index is 13.6. The van der Waals surface area contributed by atoms with Gasteiger partial charge in [0.15, 0.2) is 0 Å². The number of carbonyl (C=O) groups is 3. The molecule has 2 saturated heterocycles. The van der Waals surface area contributed by atoms with Gasteiger partial charge in [0.2, 0.25) is 5.91 Å². The number of carbonyl (C=O) groups excluding carboxylic acids is 3. The van der Waals surface area contributed by atoms with Crippen LogP contribution in [0.2, 0.25) is 5.02 Å². The van der Waals surface area contributed by atoms with Gasteiger partial charge in [-0.2, -0.15) is 0 Å². The number of likely N-dealkylation sites (tertiary alicyclic amines) is 2. The fraction of sp³-hybridized carbons (Fsp3) is 0.448. The predicted molar refractivity (Wildman–Crippen MR) is 151 cm³/mol. The first-order valence-corrected chi connectivity index (χ1v) is 14.6. The summed E-state index contributed by atoms with van der Waals surface area (Å²) in [6.07, 6.45) is 4.78. The van der Waals surface area contributed by atoms with E-state index in [-0.39, 0.29) is 30.2 Å². The quantitative estimate of drug-likeness (QED) is 0.478. The Kier molecular flexibility index (Phi) is 8.34. The molecule has 6 rings (SSSR count). The number of benzene rings is 1. The summed E-state index contributed by atoms with van der Waals surface area (Å²) in [7, 11) is 0. The zero-order chi connectivity index (χ0) is 29.1. The summed E-state index contributed by atoms with van der Waals surface area (Å²) in [5, 5.41) is 11.8. The van der Waals surface area contributed by atoms with Crippen LogP contribution in [0, 0.1) is 5.92 Å². The number of hydrogen-bond donors (Lipinski definition) is 1. The second-order valence-corrected chi connectivity index (χ2v) is 11.2. The molecule has 1 aromatic carbocycles. The predicted octanol–water partition coefficient (Wildman–Crippen LogP) is 2.19. The van der Waals surface area contributed by atoms with Crippen LogP contribution in [0.1, 0.15) is 45.8 Å². The molecule has 12 nitrogen and oxygen atoms in total. The van der Waals surface area contributed by atoms with Crippen molar-refractivity contribution in [3.63, 3.8) is 0 Å². The van der Waals surface area contributed by atoms with Crippen LogP contribution in [-0.4, -0.2) is 92.4 Å². The Hall–Kier alpha value is -4.03. The van der Waals surface area contributed by atoms with Gasteiger partial charge in [0.1, 0.15) is 17.1 Å². The van der Waals surface area contributed by atoms with E-state index in [1.54, 1.807) is 57.1 Å². The molecule has 220 valence electrons. The standard InChI is InChI=1S/C29H32ClN7O5/c30-22-6-5-20-14-25(22)41-13-3-10-37-15-21(33-34-37)18-42-26-17-36(16-24(26)32-27(20)38)28(39)19-7-11-35(12-8-19)29(40)23-4-1-2-9-31-23/h1-2,4-6,9,14-15,19,24,26H,3,7-8,10-13,16-18H2,(H,32,38)/t24-,26-/m0/s1. The number of piperidine rings is 1. The molecule has 4 bridgehead atoms. The number of pyridine rings is 1. The van der Waals surface area contributed by atoms with E-state index in [4.69, 9.17) is 21.1 Å². The van der Waals surface area contributed by atoms with Crippen LogP contribution in [0.3, 0.4) is 0 Å². The highest BCUT2D eigenvalue weighted by Crippen LogP contribution is 2.27. The van der Waals surface area contributed by atoms with Crippen molar-refractivity contribution in [3.05, 3.63) is 70.8 Å². The van der Waals surface area contributed by atoms with Crippen molar-refractivity contribution in [1.82, 2.24) is 35.1 Å². The Morgan fingerprint density at radius 2 is 1.90 bits per heavy atom. The smallest absolute Gasteiger partial charge is 0.272 e. The van der Waals surface area contributed by atoms with E-state index < -0.39 is 12.1 Å². The third-order valence-corrected chi connectivity index (χ3v) is 8.24. The Morgan fingerprint density at radius 1 is 1.05 bits per heavy atom. The number of ether oxygens (including phenoxy) is 2. The van der Waals surface area contributed by atoms with Crippen molar-refractivity contribution in [2.75, 3.05) is 32.8 Å². The minimum atomic E-state index is -0.440. The van der Waals surface area contributed by atoms with Gasteiger partial charge in [-0.3, -0.25) is 24.0 Å². The Morgan fingerprint density at radius 3 is 2.71 bits per heavy atom. The van der Waals surface area contributed by atoms with Crippen molar-refractivity contribution >= 4 is 29.3 Å². The molecular formula is C29H32ClN7O5. The number of nitrogens with zero attached hydrogens (tertiary/aromatic N) is 6. The van der Waals surface area contributed by atoms with Gasteiger partial charge in [0.05, 0.1) is 36.6 Å². The number of hydrogen-bond acceptors (Lipinski definition) is 8. The number of rotatable bonds is 2. The van der Waals surface area contributed by atoms with E-state index in [1.807, 2.05) is 6.20 Å². The molecule has 0 spiro atoms. The first-order valence-electron chi connectivity index (χ1n) is 14.2. The van der Waals surface area contributed by atoms with Crippen LogP contribution in [0.15, 0.2) is 48.8 Å². The average molecular weight is 594 g/mol. The van der Waals surface area contributed by atoms with Crippen molar-refractivity contribution in [2.45, 2.75) is 44.6 Å². The minimum absolute atomic E-state index is 0.00398. The van der Waals surface area contributed by atoms with Gasteiger partial charge < -0.3 is 24.6 Å². The number of halogens is 1. The van der Waals surface area contributed by atoms with Crippen LogP contribution < -0.4 is 10.1 Å². The molecule has 5 heterocycles. The third-order valence-electron chi connectivity index (χ3n) is 7.92. The second-order valence-electron chi connectivity index (χ2n) is 10.8. The lowest BCUT2D eigenvalue weighted by Crippen LogP contribution is -2.45. The van der Waals surface area contributed by atoms with Crippen LogP contribution in [-0.2, 0) is 22.7 Å². The molecule has 42 heavy (non-hydrogen) atoms. The van der Waals surface area contributed by atoms with Crippen LogP contribution in [0.4, 0.5) is 0 Å². The normalized spacial score (nSPS) is 21.8. The van der Waals surface area contributed by atoms with Gasteiger partial charge in [-0.1, -0.05) is 22.9 Å². The van der Waals surface area contributed by atoms with Crippen molar-refractivity contribution in [3.8, 4) is 5.75 Å². The molecular weight excluding hydrogens is 562 g/mol. The van der Waals surface area contributed by atoms with Crippen molar-refractivity contribution < 1.29 is 23.9 Å². The molecule has 2 fully saturated rings. The van der Waals surface area contributed by atoms with Crippen LogP contribution in [0.25, 0.3) is 0 Å². The lowest BCUT2D eigenvalue weighted by molar-refractivity contribution is -0.136. The summed E-state index contributed by atoms with van der Waals surface area (Å²) in [6.45, 7) is 2.81. The summed E-state index contributed by atoms with van der Waals surface area (Å²) in [5.74, 6) is -0.208. The summed E-state index contributed by atoms with van der Waals surface area (Å²) >= 11 is 6.31. The lowest BCUT2D eigenvalue weighted by Gasteiger charge is -2.33. The van der Waals surface area contributed by atoms with Gasteiger partial charge in [-0.25, -0.2) is 0 Å². The lowest BCUT2D eigenvalue weighted by atomic mass is 9.95. The molecule has 0 aliphatic carbocycles. The average Bonchev–Trinajstić information content (AvgIpc) is 3.65. The SMILES string of the molecule is O=C1N[C@H]2CN(C(=O)C3CCN(C(=O)c4ccccn4)CC3)C[C@@H]2OCc2cn(nn2)CCCOc2cc1ccc2Cl. The highest BCUT2D eigenvalue weighted by atomic mass is 35.5. The minimum Gasteiger partial charge on any atom is -0.492 e. The molecule has 0 unspecified atom stereocenters. The van der Waals surface area contributed by atoms with Gasteiger partial charge in [-0.15, -0.1) is 5.10 Å². The highest BCUT2D eigenvalue weighted by molar-refractivity contribution is 6.32. The van der Waals surface area contributed by atoms with E-state index in [9.17, 15) is 14.4 Å². The zero-order valence-electron chi connectivity index (χ0n) is 23.0. The Balaban J connectivity index is 1.14. The molecule has 3 aliphatic rings. The molecule has 0 saturated carbocycles. The second kappa shape index (κ2) is 12.5. The maximum absolute atomic E-state index is 13.6. The summed E-state index contributed by atoms with van der Waals surface area (Å²) in [5.41, 5.74) is 1.48. The molecule has 3 aliphatic heterocycles. The van der Waals surface area contributed by atoms with E-state index in [2.05, 4.69) is 20.6 Å². The largest absolute Gasteiger partial charge is 0.492 e. The van der Waals surface area contributed by atoms with Gasteiger partial charge in [-0.05, 0) is 43.2 Å². The van der Waals surface area contributed by atoms with Gasteiger partial charge in [0.25, 0.3) is 11.8 Å². The fourth-order valence-corrected chi connectivity index (χ4v) is 5.79. The van der Waals surface area contributed by atoms with E-state index >= 15 is 0 Å². The Labute approximate surface area is 247 Å². The van der Waals surface area contributed by atoms with Gasteiger partial charge in [0, 0.05) is 56.8 Å². The number of nitrogens with one attached hydrogen (secondary N) is 1. The number of fused-ring (bicyclic) bond motifs is 5. The zero-order valence-corrected chi connectivity index (χ0v) is 23.8. The molecule has 2 atom stereocenters. The van der Waals surface area contributed by atoms with Crippen molar-refractivity contribution in [1.29, 1.82) is 0 Å². The highest BCUT2D eigenvalue weighted by Gasteiger charge is 2.40. The maximum Gasteiger partial charge on any atom is 0.272 e. The monoisotopic (exact) mass is 593 g/mol. The molecule has 1 N–H and O–H groups in total. The van der Waals surface area contributed by atoms with E-state index in [1.165, 1.54) is 0 Å². The van der Waals surface area contributed by atoms with Gasteiger partial charge >= 0.3 is 0 Å². The summed E-state index contributed by atoms with van der Waals surface area (Å²) in [4.78, 5) is 47.4. The first kappa shape index (κ1) is 28.1. The topological polar surface area (TPSA) is 132 Å². The molecule has 13 heteroatoms. The number of aromatic nitrogens is 4.